The van der Waals surface area contributed by atoms with Crippen molar-refractivity contribution in [2.24, 2.45) is 0 Å². The first-order valence-corrected chi connectivity index (χ1v) is 10.9. The second-order valence-electron chi connectivity index (χ2n) is 5.99. The summed E-state index contributed by atoms with van der Waals surface area (Å²) in [6.45, 7) is 6.40. The predicted molar refractivity (Wildman–Crippen MR) is 104 cm³/mol. The number of likely N-dealkylation sites (N-methyl/N-ethyl adjacent to an activating group) is 1. The highest BCUT2D eigenvalue weighted by atomic mass is 32.2. The Morgan fingerprint density at radius 1 is 1.32 bits per heavy atom. The number of esters is 1. The zero-order valence-electron chi connectivity index (χ0n) is 16.4. The number of nitrogens with zero attached hydrogens (tertiary/aromatic N) is 2. The van der Waals surface area contributed by atoms with Gasteiger partial charge < -0.3 is 14.6 Å². The van der Waals surface area contributed by atoms with Crippen molar-refractivity contribution in [3.63, 3.8) is 0 Å². The molecule has 28 heavy (non-hydrogen) atoms. The number of sulfonamides is 1. The maximum atomic E-state index is 12.7. The first-order chi connectivity index (χ1) is 13.1. The highest BCUT2D eigenvalue weighted by Gasteiger charge is 2.30. The summed E-state index contributed by atoms with van der Waals surface area (Å²) in [5.74, 6) is -0.960. The van der Waals surface area contributed by atoms with Crippen LogP contribution < -0.4 is 5.32 Å². The molecule has 2 heterocycles. The molecule has 2 aromatic heterocycles. The lowest BCUT2D eigenvalue weighted by Gasteiger charge is -2.16. The van der Waals surface area contributed by atoms with Crippen molar-refractivity contribution in [3.05, 3.63) is 28.0 Å². The fourth-order valence-electron chi connectivity index (χ4n) is 2.52. The molecule has 0 aliphatic rings. The molecule has 2 aromatic rings. The van der Waals surface area contributed by atoms with E-state index in [0.717, 1.165) is 9.18 Å². The summed E-state index contributed by atoms with van der Waals surface area (Å²) >= 11 is 1.25. The Morgan fingerprint density at radius 3 is 2.54 bits per heavy atom. The molecule has 0 saturated carbocycles. The largest absolute Gasteiger partial charge is 0.462 e. The van der Waals surface area contributed by atoms with Gasteiger partial charge in [-0.25, -0.2) is 13.2 Å². The topological polar surface area (TPSA) is 119 Å². The number of rotatable bonds is 8. The van der Waals surface area contributed by atoms with Crippen molar-refractivity contribution in [1.82, 2.24) is 9.46 Å². The fourth-order valence-corrected chi connectivity index (χ4v) is 4.93. The standard InChI is InChI=1S/C17H23N3O6S2/c1-6-12-8-13(17(22)25-7-2)16(27-12)18-14(21)9-20(5)28(23,24)15-10(3)19-26-11(15)4/h8H,6-7,9H2,1-5H3,(H,18,21). The molecule has 0 fully saturated rings. The molecule has 0 radical (unpaired) electrons. The second-order valence-corrected chi connectivity index (χ2v) is 9.11. The van der Waals surface area contributed by atoms with Crippen LogP contribution in [0.4, 0.5) is 5.00 Å². The molecule has 0 aliphatic heterocycles. The van der Waals surface area contributed by atoms with Gasteiger partial charge >= 0.3 is 5.97 Å². The molecular weight excluding hydrogens is 406 g/mol. The van der Waals surface area contributed by atoms with Gasteiger partial charge in [0, 0.05) is 11.9 Å². The number of thiophene rings is 1. The molecule has 154 valence electrons. The molecular formula is C17H23N3O6S2. The highest BCUT2D eigenvalue weighted by molar-refractivity contribution is 7.89. The highest BCUT2D eigenvalue weighted by Crippen LogP contribution is 2.29. The Kier molecular flexibility index (Phi) is 6.96. The summed E-state index contributed by atoms with van der Waals surface area (Å²) in [5, 5.41) is 6.59. The van der Waals surface area contributed by atoms with E-state index >= 15 is 0 Å². The number of anilines is 1. The van der Waals surface area contributed by atoms with Crippen molar-refractivity contribution in [2.75, 3.05) is 25.5 Å². The van der Waals surface area contributed by atoms with E-state index in [1.807, 2.05) is 6.92 Å². The van der Waals surface area contributed by atoms with Gasteiger partial charge in [-0.3, -0.25) is 4.79 Å². The van der Waals surface area contributed by atoms with Crippen LogP contribution in [0.15, 0.2) is 15.5 Å². The number of carbonyl (C=O) groups excluding carboxylic acids is 2. The first kappa shape index (κ1) is 22.1. The summed E-state index contributed by atoms with van der Waals surface area (Å²) in [4.78, 5) is 25.4. The van der Waals surface area contributed by atoms with Gasteiger partial charge in [0.05, 0.1) is 18.7 Å². The van der Waals surface area contributed by atoms with E-state index in [0.29, 0.717) is 11.4 Å². The van der Waals surface area contributed by atoms with E-state index < -0.39 is 28.4 Å². The van der Waals surface area contributed by atoms with Crippen LogP contribution in [0.3, 0.4) is 0 Å². The van der Waals surface area contributed by atoms with E-state index in [2.05, 4.69) is 10.5 Å². The van der Waals surface area contributed by atoms with E-state index in [1.165, 1.54) is 32.2 Å². The van der Waals surface area contributed by atoms with Crippen molar-refractivity contribution < 1.29 is 27.3 Å². The van der Waals surface area contributed by atoms with E-state index in [4.69, 9.17) is 9.26 Å². The van der Waals surface area contributed by atoms with Gasteiger partial charge in [0.25, 0.3) is 0 Å². The third-order valence-corrected chi connectivity index (χ3v) is 7.13. The van der Waals surface area contributed by atoms with Crippen LogP contribution in [0.5, 0.6) is 0 Å². The number of ether oxygens (including phenoxy) is 1. The van der Waals surface area contributed by atoms with Gasteiger partial charge in [-0.05, 0) is 33.3 Å². The second kappa shape index (κ2) is 8.84. The Morgan fingerprint density at radius 2 is 2.00 bits per heavy atom. The average Bonchev–Trinajstić information content (AvgIpc) is 3.18. The van der Waals surface area contributed by atoms with E-state index in [-0.39, 0.29) is 28.5 Å². The van der Waals surface area contributed by atoms with Crippen LogP contribution in [0.1, 0.15) is 40.5 Å². The molecule has 0 saturated heterocycles. The summed E-state index contributed by atoms with van der Waals surface area (Å²) in [5.41, 5.74) is 0.480. The Bertz CT molecular complexity index is 958. The normalized spacial score (nSPS) is 11.6. The minimum absolute atomic E-state index is 0.0561. The molecule has 0 bridgehead atoms. The van der Waals surface area contributed by atoms with Crippen LogP contribution in [0.25, 0.3) is 0 Å². The van der Waals surface area contributed by atoms with Crippen LogP contribution >= 0.6 is 11.3 Å². The van der Waals surface area contributed by atoms with Crippen molar-refractivity contribution in [3.8, 4) is 0 Å². The zero-order chi connectivity index (χ0) is 21.1. The SMILES string of the molecule is CCOC(=O)c1cc(CC)sc1NC(=O)CN(C)S(=O)(=O)c1c(C)noc1C. The third-order valence-electron chi connectivity index (χ3n) is 3.88. The minimum Gasteiger partial charge on any atom is -0.462 e. The Balaban J connectivity index is 2.18. The lowest BCUT2D eigenvalue weighted by molar-refractivity contribution is -0.116. The maximum absolute atomic E-state index is 12.7. The molecule has 0 atom stereocenters. The lowest BCUT2D eigenvalue weighted by atomic mass is 10.2. The Hall–Kier alpha value is -2.24. The molecule has 0 unspecified atom stereocenters. The monoisotopic (exact) mass is 429 g/mol. The zero-order valence-corrected chi connectivity index (χ0v) is 18.0. The van der Waals surface area contributed by atoms with Crippen LogP contribution in [-0.2, 0) is 26.0 Å². The summed E-state index contributed by atoms with van der Waals surface area (Å²) in [7, 11) is -2.66. The average molecular weight is 430 g/mol. The van der Waals surface area contributed by atoms with Gasteiger partial charge in [0.15, 0.2) is 5.76 Å². The van der Waals surface area contributed by atoms with Gasteiger partial charge in [0.2, 0.25) is 15.9 Å². The molecule has 2 rings (SSSR count). The molecule has 0 aromatic carbocycles. The van der Waals surface area contributed by atoms with E-state index in [9.17, 15) is 18.0 Å². The molecule has 0 spiro atoms. The number of hydrogen-bond donors (Lipinski definition) is 1. The molecule has 9 nitrogen and oxygen atoms in total. The fraction of sp³-hybridized carbons (Fsp3) is 0.471. The third kappa shape index (κ3) is 4.59. The number of hydrogen-bond acceptors (Lipinski definition) is 8. The number of amides is 1. The number of nitrogens with one attached hydrogen (secondary N) is 1. The number of aryl methyl sites for hydroxylation is 3. The predicted octanol–water partition coefficient (Wildman–Crippen LogP) is 2.35. The molecule has 1 amide bonds. The summed E-state index contributed by atoms with van der Waals surface area (Å²) in [6, 6.07) is 1.67. The lowest BCUT2D eigenvalue weighted by Crippen LogP contribution is -2.35. The summed E-state index contributed by atoms with van der Waals surface area (Å²) < 4.78 is 36.2. The van der Waals surface area contributed by atoms with Crippen molar-refractivity contribution in [1.29, 1.82) is 0 Å². The first-order valence-electron chi connectivity index (χ1n) is 8.60. The Labute approximate surface area is 167 Å². The molecule has 11 heteroatoms. The number of aromatic nitrogens is 1. The molecule has 0 aliphatic carbocycles. The van der Waals surface area contributed by atoms with Gasteiger partial charge in [-0.1, -0.05) is 12.1 Å². The smallest absolute Gasteiger partial charge is 0.341 e. The van der Waals surface area contributed by atoms with Crippen molar-refractivity contribution >= 4 is 38.2 Å². The van der Waals surface area contributed by atoms with E-state index in [1.54, 1.807) is 13.0 Å². The van der Waals surface area contributed by atoms with Gasteiger partial charge in [-0.15, -0.1) is 11.3 Å². The van der Waals surface area contributed by atoms with Crippen LogP contribution in [-0.4, -0.2) is 50.0 Å². The van der Waals surface area contributed by atoms with Gasteiger partial charge in [0.1, 0.15) is 15.6 Å². The quantitative estimate of drug-likeness (QED) is 0.640. The van der Waals surface area contributed by atoms with Crippen LogP contribution in [0.2, 0.25) is 0 Å². The number of carbonyl (C=O) groups is 2. The maximum Gasteiger partial charge on any atom is 0.341 e. The van der Waals surface area contributed by atoms with Crippen LogP contribution in [0, 0.1) is 13.8 Å². The van der Waals surface area contributed by atoms with Crippen molar-refractivity contribution in [2.45, 2.75) is 39.0 Å². The van der Waals surface area contributed by atoms with Gasteiger partial charge in [-0.2, -0.15) is 4.31 Å². The minimum atomic E-state index is -3.95. The molecule has 1 N–H and O–H groups in total. The summed E-state index contributed by atoms with van der Waals surface area (Å²) in [6.07, 6.45) is 0.688.